The number of aliphatic hydroxyl groups excluding tert-OH is 1. The minimum Gasteiger partial charge on any atom is -0.508 e. The summed E-state index contributed by atoms with van der Waals surface area (Å²) in [6, 6.07) is 24.6. The summed E-state index contributed by atoms with van der Waals surface area (Å²) in [5.41, 5.74) is 5.64. The van der Waals surface area contributed by atoms with Gasteiger partial charge in [0.25, 0.3) is 0 Å². The second-order valence-corrected chi connectivity index (χ2v) is 6.32. The second-order valence-electron chi connectivity index (χ2n) is 6.32. The molecule has 2 aromatic heterocycles. The van der Waals surface area contributed by atoms with E-state index in [1.807, 2.05) is 60.7 Å². The quantitative estimate of drug-likeness (QED) is 0.446. The molecule has 134 valence electrons. The van der Waals surface area contributed by atoms with Crippen LogP contribution >= 0.6 is 0 Å². The van der Waals surface area contributed by atoms with E-state index in [0.717, 1.165) is 28.1 Å². The summed E-state index contributed by atoms with van der Waals surface area (Å²) in [7, 11) is 0. The van der Waals surface area contributed by atoms with Crippen LogP contribution in [0.1, 0.15) is 11.1 Å². The standard InChI is InChI=1S/C24H16N2O2/c1-16(27)18-8-10-19(11-9-18)21-13-22(20-6-4-17(15-25)5-7-20)26-23(14-21)24-3-2-12-28-24/h2-14,27H,1H2. The summed E-state index contributed by atoms with van der Waals surface area (Å²) < 4.78 is 5.54. The fourth-order valence-corrected chi connectivity index (χ4v) is 2.97. The summed E-state index contributed by atoms with van der Waals surface area (Å²) in [6.07, 6.45) is 1.62. The molecule has 0 saturated heterocycles. The van der Waals surface area contributed by atoms with E-state index < -0.39 is 0 Å². The van der Waals surface area contributed by atoms with E-state index in [1.54, 1.807) is 18.4 Å². The Bertz CT molecular complexity index is 1170. The van der Waals surface area contributed by atoms with Crippen molar-refractivity contribution in [2.75, 3.05) is 0 Å². The van der Waals surface area contributed by atoms with Gasteiger partial charge in [0.1, 0.15) is 11.5 Å². The molecule has 0 aliphatic carbocycles. The average Bonchev–Trinajstić information content (AvgIpc) is 3.28. The van der Waals surface area contributed by atoms with Crippen molar-refractivity contribution in [2.45, 2.75) is 0 Å². The molecule has 4 rings (SSSR count). The molecule has 4 aromatic rings. The van der Waals surface area contributed by atoms with Crippen molar-refractivity contribution in [3.63, 3.8) is 0 Å². The molecule has 0 bridgehead atoms. The Morgan fingerprint density at radius 1 is 0.893 bits per heavy atom. The molecule has 0 fully saturated rings. The molecular formula is C24H16N2O2. The normalized spacial score (nSPS) is 10.4. The van der Waals surface area contributed by atoms with E-state index in [-0.39, 0.29) is 5.76 Å². The Labute approximate surface area is 162 Å². The van der Waals surface area contributed by atoms with Gasteiger partial charge >= 0.3 is 0 Å². The molecule has 0 atom stereocenters. The van der Waals surface area contributed by atoms with Gasteiger partial charge in [0.05, 0.1) is 23.6 Å². The molecular weight excluding hydrogens is 348 g/mol. The second kappa shape index (κ2) is 7.26. The van der Waals surface area contributed by atoms with Gasteiger partial charge in [-0.2, -0.15) is 5.26 Å². The van der Waals surface area contributed by atoms with Gasteiger partial charge in [-0.1, -0.05) is 43.0 Å². The zero-order valence-electron chi connectivity index (χ0n) is 15.0. The van der Waals surface area contributed by atoms with Crippen molar-refractivity contribution in [1.29, 1.82) is 5.26 Å². The molecule has 0 aliphatic heterocycles. The van der Waals surface area contributed by atoms with Gasteiger partial charge in [-0.3, -0.25) is 0 Å². The number of aliphatic hydroxyl groups is 1. The SMILES string of the molecule is C=C(O)c1ccc(-c2cc(-c3ccc(C#N)cc3)nc(-c3ccco3)c2)cc1. The van der Waals surface area contributed by atoms with Crippen LogP contribution in [0.4, 0.5) is 0 Å². The Morgan fingerprint density at radius 3 is 2.18 bits per heavy atom. The first-order chi connectivity index (χ1) is 13.6. The highest BCUT2D eigenvalue weighted by atomic mass is 16.3. The van der Waals surface area contributed by atoms with Gasteiger partial charge < -0.3 is 9.52 Å². The first-order valence-corrected chi connectivity index (χ1v) is 8.69. The number of aromatic nitrogens is 1. The van der Waals surface area contributed by atoms with Gasteiger partial charge in [-0.05, 0) is 47.5 Å². The summed E-state index contributed by atoms with van der Waals surface area (Å²) in [5, 5.41) is 18.6. The number of nitriles is 1. The maximum Gasteiger partial charge on any atom is 0.152 e. The predicted molar refractivity (Wildman–Crippen MR) is 109 cm³/mol. The monoisotopic (exact) mass is 364 g/mol. The zero-order chi connectivity index (χ0) is 19.5. The molecule has 2 heterocycles. The zero-order valence-corrected chi connectivity index (χ0v) is 15.0. The van der Waals surface area contributed by atoms with Crippen LogP contribution in [0.3, 0.4) is 0 Å². The fourth-order valence-electron chi connectivity index (χ4n) is 2.97. The number of furan rings is 1. The summed E-state index contributed by atoms with van der Waals surface area (Å²) >= 11 is 0. The molecule has 28 heavy (non-hydrogen) atoms. The molecule has 0 aliphatic rings. The van der Waals surface area contributed by atoms with Gasteiger partial charge in [-0.25, -0.2) is 4.98 Å². The Balaban J connectivity index is 1.84. The number of nitrogens with zero attached hydrogens (tertiary/aromatic N) is 2. The van der Waals surface area contributed by atoms with Crippen LogP contribution in [0.25, 0.3) is 39.6 Å². The fraction of sp³-hybridized carbons (Fsp3) is 0. The van der Waals surface area contributed by atoms with Gasteiger partial charge in [-0.15, -0.1) is 0 Å². The molecule has 0 unspecified atom stereocenters. The number of rotatable bonds is 4. The summed E-state index contributed by atoms with van der Waals surface area (Å²) in [4.78, 5) is 4.74. The Morgan fingerprint density at radius 2 is 1.57 bits per heavy atom. The lowest BCUT2D eigenvalue weighted by molar-refractivity contribution is 0.514. The van der Waals surface area contributed by atoms with Crippen LogP contribution in [-0.2, 0) is 0 Å². The van der Waals surface area contributed by atoms with E-state index in [2.05, 4.69) is 12.6 Å². The van der Waals surface area contributed by atoms with Crippen molar-refractivity contribution in [3.05, 3.63) is 96.8 Å². The maximum atomic E-state index is 9.55. The average molecular weight is 364 g/mol. The van der Waals surface area contributed by atoms with Gasteiger partial charge in [0.2, 0.25) is 0 Å². The molecule has 2 aromatic carbocycles. The molecule has 0 amide bonds. The maximum absolute atomic E-state index is 9.55. The lowest BCUT2D eigenvalue weighted by Gasteiger charge is -2.09. The smallest absolute Gasteiger partial charge is 0.152 e. The number of hydrogen-bond donors (Lipinski definition) is 1. The van der Waals surface area contributed by atoms with Crippen LogP contribution in [0.2, 0.25) is 0 Å². The lowest BCUT2D eigenvalue weighted by Crippen LogP contribution is -1.91. The highest BCUT2D eigenvalue weighted by Gasteiger charge is 2.11. The topological polar surface area (TPSA) is 70.0 Å². The van der Waals surface area contributed by atoms with Crippen molar-refractivity contribution in [2.24, 2.45) is 0 Å². The van der Waals surface area contributed by atoms with E-state index in [0.29, 0.717) is 16.9 Å². The number of benzene rings is 2. The Kier molecular flexibility index (Phi) is 4.49. The third-order valence-corrected chi connectivity index (χ3v) is 4.46. The van der Waals surface area contributed by atoms with E-state index >= 15 is 0 Å². The molecule has 0 radical (unpaired) electrons. The van der Waals surface area contributed by atoms with Crippen molar-refractivity contribution in [3.8, 4) is 39.9 Å². The van der Waals surface area contributed by atoms with Crippen molar-refractivity contribution in [1.82, 2.24) is 4.98 Å². The predicted octanol–water partition coefficient (Wildman–Crippen LogP) is 6.08. The van der Waals surface area contributed by atoms with Gasteiger partial charge in [0.15, 0.2) is 5.76 Å². The van der Waals surface area contributed by atoms with Crippen LogP contribution in [0.5, 0.6) is 0 Å². The largest absolute Gasteiger partial charge is 0.508 e. The van der Waals surface area contributed by atoms with Crippen LogP contribution in [-0.4, -0.2) is 10.1 Å². The first kappa shape index (κ1) is 17.3. The van der Waals surface area contributed by atoms with Crippen molar-refractivity contribution >= 4 is 5.76 Å². The molecule has 4 nitrogen and oxygen atoms in total. The number of pyridine rings is 1. The molecule has 1 N–H and O–H groups in total. The van der Waals surface area contributed by atoms with Gasteiger partial charge in [0, 0.05) is 11.1 Å². The van der Waals surface area contributed by atoms with E-state index in [1.165, 1.54) is 0 Å². The first-order valence-electron chi connectivity index (χ1n) is 8.69. The third kappa shape index (κ3) is 3.42. The van der Waals surface area contributed by atoms with Crippen molar-refractivity contribution < 1.29 is 9.52 Å². The molecule has 0 spiro atoms. The summed E-state index contributed by atoms with van der Waals surface area (Å²) in [6.45, 7) is 3.55. The minimum absolute atomic E-state index is 0.0378. The van der Waals surface area contributed by atoms with E-state index in [4.69, 9.17) is 14.7 Å². The number of hydrogen-bond acceptors (Lipinski definition) is 4. The lowest BCUT2D eigenvalue weighted by atomic mass is 10.00. The highest BCUT2D eigenvalue weighted by molar-refractivity contribution is 5.76. The van der Waals surface area contributed by atoms with Crippen LogP contribution in [0.15, 0.2) is 90.1 Å². The van der Waals surface area contributed by atoms with E-state index in [9.17, 15) is 5.11 Å². The van der Waals surface area contributed by atoms with Crippen LogP contribution in [0, 0.1) is 11.3 Å². The third-order valence-electron chi connectivity index (χ3n) is 4.46. The van der Waals surface area contributed by atoms with Crippen LogP contribution < -0.4 is 0 Å². The highest BCUT2D eigenvalue weighted by Crippen LogP contribution is 2.31. The molecule has 0 saturated carbocycles. The molecule has 4 heteroatoms. The summed E-state index contributed by atoms with van der Waals surface area (Å²) in [5.74, 6) is 0.716. The Hall–Kier alpha value is -4.10. The minimum atomic E-state index is 0.0378.